The first-order chi connectivity index (χ1) is 13.2. The Labute approximate surface area is 158 Å². The first kappa shape index (κ1) is 18.1. The van der Waals surface area contributed by atoms with Gasteiger partial charge in [-0.05, 0) is 23.8 Å². The number of fused-ring (bicyclic) bond motifs is 3. The highest BCUT2D eigenvalue weighted by Gasteiger charge is 2.55. The van der Waals surface area contributed by atoms with Crippen LogP contribution in [0.5, 0.6) is 5.75 Å². The molecule has 2 heterocycles. The van der Waals surface area contributed by atoms with Crippen LogP contribution < -0.4 is 15.4 Å². The topological polar surface area (TPSA) is 75.9 Å². The molecule has 146 valence electrons. The average Bonchev–Trinajstić information content (AvgIpc) is 2.94. The summed E-state index contributed by atoms with van der Waals surface area (Å²) in [6, 6.07) is 11.3. The van der Waals surface area contributed by atoms with E-state index < -0.39 is 29.2 Å². The van der Waals surface area contributed by atoms with Crippen molar-refractivity contribution in [3.63, 3.8) is 0 Å². The van der Waals surface area contributed by atoms with Gasteiger partial charge in [0, 0.05) is 0 Å². The summed E-state index contributed by atoms with van der Waals surface area (Å²) < 4.78 is 45.5. The third-order valence-electron chi connectivity index (χ3n) is 4.99. The van der Waals surface area contributed by atoms with Gasteiger partial charge in [-0.1, -0.05) is 30.3 Å². The van der Waals surface area contributed by atoms with Crippen molar-refractivity contribution >= 4 is 17.6 Å². The highest BCUT2D eigenvalue weighted by molar-refractivity contribution is 6.00. The van der Waals surface area contributed by atoms with Crippen LogP contribution in [-0.2, 0) is 16.5 Å². The molecule has 9 heteroatoms. The Morgan fingerprint density at radius 1 is 1.18 bits per heavy atom. The lowest BCUT2D eigenvalue weighted by Crippen LogP contribution is -2.52. The monoisotopic (exact) mass is 391 g/mol. The Bertz CT molecular complexity index is 948. The fraction of sp³-hybridized carbons (Fsp3) is 0.263. The maximum atomic E-state index is 13.3. The summed E-state index contributed by atoms with van der Waals surface area (Å²) in [7, 11) is 0. The van der Waals surface area contributed by atoms with Crippen molar-refractivity contribution in [3.8, 4) is 5.75 Å². The molecular weight excluding hydrogens is 375 g/mol. The number of primary amides is 1. The third kappa shape index (κ3) is 2.74. The predicted molar refractivity (Wildman–Crippen MR) is 93.7 cm³/mol. The second-order valence-electron chi connectivity index (χ2n) is 6.81. The number of nitrogens with two attached hydrogens (primary N) is 1. The highest BCUT2D eigenvalue weighted by atomic mass is 19.4. The van der Waals surface area contributed by atoms with E-state index >= 15 is 0 Å². The van der Waals surface area contributed by atoms with Crippen molar-refractivity contribution in [2.75, 3.05) is 24.6 Å². The molecule has 1 atom stereocenters. The van der Waals surface area contributed by atoms with Gasteiger partial charge >= 0.3 is 12.2 Å². The van der Waals surface area contributed by atoms with Crippen LogP contribution in [0.15, 0.2) is 48.5 Å². The highest BCUT2D eigenvalue weighted by Crippen LogP contribution is 2.48. The summed E-state index contributed by atoms with van der Waals surface area (Å²) in [5.74, 6) is -0.532. The molecule has 4 rings (SSSR count). The van der Waals surface area contributed by atoms with Crippen molar-refractivity contribution < 1.29 is 27.5 Å². The van der Waals surface area contributed by atoms with Gasteiger partial charge in [-0.15, -0.1) is 0 Å². The van der Waals surface area contributed by atoms with Crippen LogP contribution >= 0.6 is 0 Å². The van der Waals surface area contributed by atoms with Gasteiger partial charge in [-0.2, -0.15) is 13.2 Å². The molecule has 2 aliphatic rings. The molecule has 2 aromatic rings. The van der Waals surface area contributed by atoms with Crippen LogP contribution in [0, 0.1) is 0 Å². The van der Waals surface area contributed by atoms with Gasteiger partial charge in [0.25, 0.3) is 0 Å². The lowest BCUT2D eigenvalue weighted by Gasteiger charge is -2.41. The molecule has 2 N–H and O–H groups in total. The molecule has 0 spiro atoms. The zero-order valence-electron chi connectivity index (χ0n) is 14.6. The fourth-order valence-corrected chi connectivity index (χ4v) is 3.77. The first-order valence-electron chi connectivity index (χ1n) is 8.49. The number of nitrogens with zero attached hydrogens (tertiary/aromatic N) is 2. The molecule has 28 heavy (non-hydrogen) atoms. The van der Waals surface area contributed by atoms with Gasteiger partial charge in [0.1, 0.15) is 24.4 Å². The van der Waals surface area contributed by atoms with E-state index in [0.717, 1.165) is 12.1 Å². The van der Waals surface area contributed by atoms with E-state index in [-0.39, 0.29) is 31.1 Å². The van der Waals surface area contributed by atoms with E-state index in [1.54, 1.807) is 30.3 Å². The summed E-state index contributed by atoms with van der Waals surface area (Å²) in [6.45, 7) is -0.233. The number of amides is 3. The second kappa shape index (κ2) is 6.15. The van der Waals surface area contributed by atoms with Gasteiger partial charge < -0.3 is 15.4 Å². The minimum atomic E-state index is -4.57. The summed E-state index contributed by atoms with van der Waals surface area (Å²) >= 11 is 0. The summed E-state index contributed by atoms with van der Waals surface area (Å²) in [5, 5.41) is 0. The first-order valence-corrected chi connectivity index (χ1v) is 8.49. The van der Waals surface area contributed by atoms with E-state index in [1.165, 1.54) is 15.9 Å². The quantitative estimate of drug-likeness (QED) is 0.874. The van der Waals surface area contributed by atoms with Crippen LogP contribution in [0.1, 0.15) is 11.1 Å². The summed E-state index contributed by atoms with van der Waals surface area (Å²) in [4.78, 5) is 27.0. The van der Waals surface area contributed by atoms with E-state index in [0.29, 0.717) is 5.56 Å². The van der Waals surface area contributed by atoms with Crippen molar-refractivity contribution in [2.24, 2.45) is 5.73 Å². The molecule has 0 bridgehead atoms. The molecule has 0 aromatic heterocycles. The minimum absolute atomic E-state index is 0.0156. The Kier molecular flexibility index (Phi) is 3.99. The van der Waals surface area contributed by atoms with Crippen molar-refractivity contribution in [3.05, 3.63) is 59.7 Å². The number of hydrogen-bond donors (Lipinski definition) is 1. The number of carbonyl (C=O) groups is 2. The number of halogens is 3. The summed E-state index contributed by atoms with van der Waals surface area (Å²) in [6.07, 6.45) is -4.57. The Balaban J connectivity index is 1.89. The Hall–Kier alpha value is -3.23. The average molecular weight is 391 g/mol. The smallest absolute Gasteiger partial charge is 0.416 e. The van der Waals surface area contributed by atoms with Gasteiger partial charge in [-0.3, -0.25) is 9.69 Å². The van der Waals surface area contributed by atoms with Crippen LogP contribution in [0.25, 0.3) is 0 Å². The molecule has 1 fully saturated rings. The van der Waals surface area contributed by atoms with E-state index in [4.69, 9.17) is 10.5 Å². The van der Waals surface area contributed by atoms with Gasteiger partial charge in [-0.25, -0.2) is 4.79 Å². The van der Waals surface area contributed by atoms with Crippen molar-refractivity contribution in [1.82, 2.24) is 4.90 Å². The zero-order chi connectivity index (χ0) is 20.1. The maximum Gasteiger partial charge on any atom is 0.416 e. The Morgan fingerprint density at radius 2 is 1.89 bits per heavy atom. The third-order valence-corrected chi connectivity index (χ3v) is 4.99. The number of carbonyl (C=O) groups excluding carboxylic acids is 2. The van der Waals surface area contributed by atoms with Crippen LogP contribution in [0.2, 0.25) is 0 Å². The predicted octanol–water partition coefficient (Wildman–Crippen LogP) is 2.72. The number of alkyl halides is 3. The largest absolute Gasteiger partial charge is 0.488 e. The van der Waals surface area contributed by atoms with E-state index in [9.17, 15) is 22.8 Å². The van der Waals surface area contributed by atoms with Gasteiger partial charge in [0.2, 0.25) is 5.91 Å². The zero-order valence-corrected chi connectivity index (χ0v) is 14.6. The maximum absolute atomic E-state index is 13.3. The molecular formula is C19H16F3N3O3. The fourth-order valence-electron chi connectivity index (χ4n) is 3.77. The second-order valence-corrected chi connectivity index (χ2v) is 6.81. The molecule has 1 unspecified atom stereocenters. The molecule has 2 aromatic carbocycles. The summed E-state index contributed by atoms with van der Waals surface area (Å²) in [5.41, 5.74) is 4.01. The Morgan fingerprint density at radius 3 is 2.54 bits per heavy atom. The molecule has 0 saturated carbocycles. The molecule has 0 radical (unpaired) electrons. The number of anilines is 1. The molecule has 1 saturated heterocycles. The normalized spacial score (nSPS) is 21.2. The lowest BCUT2D eigenvalue weighted by atomic mass is 9.88. The number of rotatable bonds is 3. The van der Waals surface area contributed by atoms with Crippen LogP contribution in [0.3, 0.4) is 0 Å². The molecule has 0 aliphatic carbocycles. The van der Waals surface area contributed by atoms with E-state index in [2.05, 4.69) is 0 Å². The molecule has 3 amide bonds. The number of benzene rings is 2. The standard InChI is InChI=1S/C19H16F3N3O3/c20-19(21,22)13-6-7-15-14(8-13)25-17(27)24(9-16(23)26)10-18(25,11-28-15)12-4-2-1-3-5-12/h1-8H,9-11H2,(H2,23,26). The van der Waals surface area contributed by atoms with Crippen molar-refractivity contribution in [2.45, 2.75) is 11.7 Å². The van der Waals surface area contributed by atoms with Gasteiger partial charge in [0.05, 0.1) is 17.8 Å². The lowest BCUT2D eigenvalue weighted by molar-refractivity contribution is -0.137. The number of urea groups is 1. The molecule has 6 nitrogen and oxygen atoms in total. The number of ether oxygens (including phenoxy) is 1. The SMILES string of the molecule is NC(=O)CN1CC2(c3ccccc3)COc3ccc(C(F)(F)F)cc3N2C1=O. The number of hydrogen-bond acceptors (Lipinski definition) is 3. The minimum Gasteiger partial charge on any atom is -0.488 e. The van der Waals surface area contributed by atoms with Gasteiger partial charge in [0.15, 0.2) is 0 Å². The molecule has 2 aliphatic heterocycles. The van der Waals surface area contributed by atoms with E-state index in [1.807, 2.05) is 0 Å². The van der Waals surface area contributed by atoms with Crippen LogP contribution in [0.4, 0.5) is 23.7 Å². The van der Waals surface area contributed by atoms with Crippen LogP contribution in [-0.4, -0.2) is 36.5 Å². The van der Waals surface area contributed by atoms with Crippen molar-refractivity contribution in [1.29, 1.82) is 0 Å².